The fourth-order valence-electron chi connectivity index (χ4n) is 4.59. The van der Waals surface area contributed by atoms with Gasteiger partial charge in [0.05, 0.1) is 0 Å². The summed E-state index contributed by atoms with van der Waals surface area (Å²) in [6, 6.07) is 22.0. The molecule has 0 aliphatic heterocycles. The molecule has 0 radical (unpaired) electrons. The van der Waals surface area contributed by atoms with Gasteiger partial charge in [0.15, 0.2) is 0 Å². The van der Waals surface area contributed by atoms with Crippen LogP contribution < -0.4 is 21.3 Å². The molecule has 32 heavy (non-hydrogen) atoms. The summed E-state index contributed by atoms with van der Waals surface area (Å²) in [5.41, 5.74) is 11.0. The Labute approximate surface area is 190 Å². The standard InChI is InChI=1S/C28H30N4/c1-19-4-5-20-17-21-6-7-25(18-27(21)26(20)16-19)31-23-8-10-24(11-9-23)32-28(30-3)14-12-22(29-2)13-15-28/h4-14,16,18,29-32H,15,17H2,1-3H3. The molecule has 0 saturated heterocycles. The van der Waals surface area contributed by atoms with E-state index in [9.17, 15) is 0 Å². The number of anilines is 3. The lowest BCUT2D eigenvalue weighted by Crippen LogP contribution is -2.49. The summed E-state index contributed by atoms with van der Waals surface area (Å²) in [5, 5.41) is 13.8. The van der Waals surface area contributed by atoms with Crippen molar-refractivity contribution >= 4 is 17.1 Å². The monoisotopic (exact) mass is 422 g/mol. The SMILES string of the molecule is CNC1=CCC(NC)(Nc2ccc(Nc3ccc4c(c3)-c3cc(C)ccc3C4)cc2)C=C1. The molecule has 2 aliphatic carbocycles. The summed E-state index contributed by atoms with van der Waals surface area (Å²) < 4.78 is 0. The first-order valence-corrected chi connectivity index (χ1v) is 11.2. The van der Waals surface area contributed by atoms with Crippen LogP contribution in [-0.4, -0.2) is 19.8 Å². The third-order valence-corrected chi connectivity index (χ3v) is 6.51. The zero-order valence-corrected chi connectivity index (χ0v) is 18.9. The molecule has 5 rings (SSSR count). The van der Waals surface area contributed by atoms with Crippen molar-refractivity contribution in [2.75, 3.05) is 24.7 Å². The maximum Gasteiger partial charge on any atom is 0.111 e. The van der Waals surface area contributed by atoms with Crippen LogP contribution in [0.15, 0.2) is 84.6 Å². The Morgan fingerprint density at radius 1 is 0.781 bits per heavy atom. The second kappa shape index (κ2) is 8.21. The molecule has 0 aromatic heterocycles. The first kappa shape index (κ1) is 20.4. The smallest absolute Gasteiger partial charge is 0.111 e. The molecule has 0 heterocycles. The number of allylic oxidation sites excluding steroid dienone is 1. The van der Waals surface area contributed by atoms with Crippen LogP contribution >= 0.6 is 0 Å². The van der Waals surface area contributed by atoms with Gasteiger partial charge >= 0.3 is 0 Å². The van der Waals surface area contributed by atoms with E-state index < -0.39 is 0 Å². The number of likely N-dealkylation sites (N-methyl/N-ethyl adjacent to an activating group) is 2. The normalized spacial score (nSPS) is 18.5. The van der Waals surface area contributed by atoms with Gasteiger partial charge in [-0.25, -0.2) is 0 Å². The molecule has 1 unspecified atom stereocenters. The summed E-state index contributed by atoms with van der Waals surface area (Å²) in [6.45, 7) is 2.16. The van der Waals surface area contributed by atoms with Crippen LogP contribution in [0.1, 0.15) is 23.1 Å². The highest BCUT2D eigenvalue weighted by Gasteiger charge is 2.26. The van der Waals surface area contributed by atoms with Crippen LogP contribution in [0.3, 0.4) is 0 Å². The van der Waals surface area contributed by atoms with Crippen molar-refractivity contribution in [3.63, 3.8) is 0 Å². The van der Waals surface area contributed by atoms with Gasteiger partial charge in [-0.3, -0.25) is 5.32 Å². The molecule has 0 saturated carbocycles. The molecule has 4 heteroatoms. The summed E-state index contributed by atoms with van der Waals surface area (Å²) in [7, 11) is 3.93. The van der Waals surface area contributed by atoms with Crippen LogP contribution in [-0.2, 0) is 6.42 Å². The quantitative estimate of drug-likeness (QED) is 0.301. The molecule has 0 spiro atoms. The highest BCUT2D eigenvalue weighted by atomic mass is 15.2. The van der Waals surface area contributed by atoms with Gasteiger partial charge in [-0.1, -0.05) is 35.9 Å². The Morgan fingerprint density at radius 2 is 1.47 bits per heavy atom. The fraction of sp³-hybridized carbons (Fsp3) is 0.214. The number of aryl methyl sites for hydroxylation is 1. The molecule has 0 bridgehead atoms. The Kier molecular flexibility index (Phi) is 5.24. The number of fused-ring (bicyclic) bond motifs is 3. The van der Waals surface area contributed by atoms with E-state index in [1.807, 2.05) is 14.1 Å². The lowest BCUT2D eigenvalue weighted by molar-refractivity contribution is 0.493. The maximum absolute atomic E-state index is 3.63. The second-order valence-corrected chi connectivity index (χ2v) is 8.70. The van der Waals surface area contributed by atoms with Crippen molar-refractivity contribution in [3.8, 4) is 11.1 Å². The number of hydrogen-bond donors (Lipinski definition) is 4. The Morgan fingerprint density at radius 3 is 2.16 bits per heavy atom. The van der Waals surface area contributed by atoms with E-state index in [-0.39, 0.29) is 5.66 Å². The summed E-state index contributed by atoms with van der Waals surface area (Å²) >= 11 is 0. The third-order valence-electron chi connectivity index (χ3n) is 6.51. The largest absolute Gasteiger partial charge is 0.388 e. The fourth-order valence-corrected chi connectivity index (χ4v) is 4.59. The molecule has 1 atom stereocenters. The van der Waals surface area contributed by atoms with E-state index in [2.05, 4.69) is 107 Å². The topological polar surface area (TPSA) is 48.1 Å². The first-order chi connectivity index (χ1) is 15.6. The molecule has 3 aromatic rings. The molecule has 0 fully saturated rings. The van der Waals surface area contributed by atoms with Crippen LogP contribution in [0, 0.1) is 6.92 Å². The lowest BCUT2D eigenvalue weighted by Gasteiger charge is -2.34. The van der Waals surface area contributed by atoms with Gasteiger partial charge in [-0.15, -0.1) is 0 Å². The van der Waals surface area contributed by atoms with Gasteiger partial charge < -0.3 is 16.0 Å². The average molecular weight is 423 g/mol. The number of hydrogen-bond acceptors (Lipinski definition) is 4. The highest BCUT2D eigenvalue weighted by Crippen LogP contribution is 2.39. The van der Waals surface area contributed by atoms with E-state index >= 15 is 0 Å². The minimum atomic E-state index is -0.277. The first-order valence-electron chi connectivity index (χ1n) is 11.2. The van der Waals surface area contributed by atoms with E-state index in [0.717, 1.165) is 35.6 Å². The van der Waals surface area contributed by atoms with E-state index in [1.165, 1.54) is 27.8 Å². The molecular weight excluding hydrogens is 392 g/mol. The van der Waals surface area contributed by atoms with Crippen LogP contribution in [0.25, 0.3) is 11.1 Å². The highest BCUT2D eigenvalue weighted by molar-refractivity contribution is 5.81. The molecule has 0 amide bonds. The number of benzene rings is 3. The van der Waals surface area contributed by atoms with Gasteiger partial charge in [0.2, 0.25) is 0 Å². The molecule has 162 valence electrons. The Balaban J connectivity index is 1.31. The van der Waals surface area contributed by atoms with Crippen LogP contribution in [0.5, 0.6) is 0 Å². The second-order valence-electron chi connectivity index (χ2n) is 8.70. The zero-order chi connectivity index (χ0) is 22.1. The third kappa shape index (κ3) is 3.90. The molecule has 3 aromatic carbocycles. The maximum atomic E-state index is 3.63. The molecule has 4 nitrogen and oxygen atoms in total. The summed E-state index contributed by atoms with van der Waals surface area (Å²) in [5.74, 6) is 0. The van der Waals surface area contributed by atoms with Gasteiger partial charge in [0, 0.05) is 36.2 Å². The number of rotatable bonds is 6. The van der Waals surface area contributed by atoms with E-state index in [1.54, 1.807) is 0 Å². The minimum absolute atomic E-state index is 0.277. The van der Waals surface area contributed by atoms with Crippen molar-refractivity contribution in [2.24, 2.45) is 0 Å². The van der Waals surface area contributed by atoms with Gasteiger partial charge in [0.1, 0.15) is 5.66 Å². The minimum Gasteiger partial charge on any atom is -0.388 e. The average Bonchev–Trinajstić information content (AvgIpc) is 3.18. The molecular formula is C28H30N4. The lowest BCUT2D eigenvalue weighted by atomic mass is 9.99. The Bertz CT molecular complexity index is 1210. The zero-order valence-electron chi connectivity index (χ0n) is 18.9. The van der Waals surface area contributed by atoms with Crippen LogP contribution in [0.4, 0.5) is 17.1 Å². The van der Waals surface area contributed by atoms with Crippen molar-refractivity contribution in [3.05, 3.63) is 101 Å². The van der Waals surface area contributed by atoms with Crippen molar-refractivity contribution in [2.45, 2.75) is 25.4 Å². The van der Waals surface area contributed by atoms with Crippen molar-refractivity contribution in [1.29, 1.82) is 0 Å². The Hall–Kier alpha value is -3.50. The summed E-state index contributed by atoms with van der Waals surface area (Å²) in [4.78, 5) is 0. The van der Waals surface area contributed by atoms with Crippen molar-refractivity contribution in [1.82, 2.24) is 10.6 Å². The molecule has 4 N–H and O–H groups in total. The van der Waals surface area contributed by atoms with Crippen molar-refractivity contribution < 1.29 is 0 Å². The number of nitrogens with one attached hydrogen (secondary N) is 4. The molecule has 2 aliphatic rings. The summed E-state index contributed by atoms with van der Waals surface area (Å²) in [6.07, 6.45) is 8.38. The van der Waals surface area contributed by atoms with E-state index in [0.29, 0.717) is 0 Å². The predicted octanol–water partition coefficient (Wildman–Crippen LogP) is 5.70. The van der Waals surface area contributed by atoms with Gasteiger partial charge in [0.25, 0.3) is 0 Å². The predicted molar refractivity (Wildman–Crippen MR) is 135 cm³/mol. The van der Waals surface area contributed by atoms with Gasteiger partial charge in [-0.05, 0) is 91.2 Å². The van der Waals surface area contributed by atoms with Crippen LogP contribution in [0.2, 0.25) is 0 Å². The van der Waals surface area contributed by atoms with E-state index in [4.69, 9.17) is 0 Å². The van der Waals surface area contributed by atoms with Gasteiger partial charge in [-0.2, -0.15) is 0 Å².